The maximum absolute atomic E-state index is 12.8. The number of methoxy groups -OCH3 is 1. The third kappa shape index (κ3) is 4.44. The molecule has 3 rings (SSSR count). The van der Waals surface area contributed by atoms with Crippen molar-refractivity contribution in [2.45, 2.75) is 32.2 Å². The van der Waals surface area contributed by atoms with Crippen LogP contribution in [0, 0.1) is 0 Å². The monoisotopic (exact) mass is 352 g/mol. The summed E-state index contributed by atoms with van der Waals surface area (Å²) in [5.74, 6) is 0.817. The van der Waals surface area contributed by atoms with Gasteiger partial charge in [0.05, 0.1) is 7.11 Å². The lowest BCUT2D eigenvalue weighted by atomic mass is 10.0. The summed E-state index contributed by atoms with van der Waals surface area (Å²) in [4.78, 5) is 15.2. The number of benzene rings is 2. The molecule has 0 spiro atoms. The van der Waals surface area contributed by atoms with Crippen LogP contribution in [0.25, 0.3) is 11.1 Å². The maximum Gasteiger partial charge on any atom is 0.251 e. The lowest BCUT2D eigenvalue weighted by Crippen LogP contribution is -2.47. The number of piperidine rings is 1. The number of para-hydroxylation sites is 1. The van der Waals surface area contributed by atoms with E-state index >= 15 is 0 Å². The molecule has 0 unspecified atom stereocenters. The van der Waals surface area contributed by atoms with Gasteiger partial charge < -0.3 is 15.0 Å². The van der Waals surface area contributed by atoms with E-state index in [1.807, 2.05) is 48.5 Å². The highest BCUT2D eigenvalue weighted by molar-refractivity contribution is 5.95. The highest BCUT2D eigenvalue weighted by Gasteiger charge is 2.21. The van der Waals surface area contributed by atoms with Gasteiger partial charge in [0.15, 0.2) is 0 Å². The normalized spacial score (nSPS) is 17.7. The van der Waals surface area contributed by atoms with Crippen molar-refractivity contribution >= 4 is 5.91 Å². The Kier molecular flexibility index (Phi) is 6.29. The minimum atomic E-state index is 0.00472. The van der Waals surface area contributed by atoms with E-state index in [9.17, 15) is 4.79 Å². The van der Waals surface area contributed by atoms with Crippen LogP contribution in [0.15, 0.2) is 48.5 Å². The van der Waals surface area contributed by atoms with E-state index < -0.39 is 0 Å². The number of carbonyl (C=O) groups excluding carboxylic acids is 1. The topological polar surface area (TPSA) is 41.6 Å². The largest absolute Gasteiger partial charge is 0.496 e. The minimum Gasteiger partial charge on any atom is -0.496 e. The van der Waals surface area contributed by atoms with Gasteiger partial charge in [0, 0.05) is 23.7 Å². The molecule has 0 bridgehead atoms. The number of nitrogens with one attached hydrogen (secondary N) is 1. The van der Waals surface area contributed by atoms with Gasteiger partial charge in [-0.25, -0.2) is 0 Å². The number of ether oxygens (including phenoxy) is 1. The van der Waals surface area contributed by atoms with Crippen LogP contribution in [-0.4, -0.2) is 43.6 Å². The Morgan fingerprint density at radius 2 is 2.08 bits per heavy atom. The number of hydrogen-bond donors (Lipinski definition) is 1. The molecular formula is C22H28N2O2. The summed E-state index contributed by atoms with van der Waals surface area (Å²) >= 11 is 0. The summed E-state index contributed by atoms with van der Waals surface area (Å²) in [6, 6.07) is 15.9. The Bertz CT molecular complexity index is 742. The fraction of sp³-hybridized carbons (Fsp3) is 0.409. The van der Waals surface area contributed by atoms with E-state index in [0.29, 0.717) is 5.56 Å². The van der Waals surface area contributed by atoms with E-state index in [1.165, 1.54) is 0 Å². The van der Waals surface area contributed by atoms with Crippen LogP contribution in [0.2, 0.25) is 0 Å². The molecule has 0 aliphatic carbocycles. The average molecular weight is 352 g/mol. The van der Waals surface area contributed by atoms with E-state index in [4.69, 9.17) is 4.74 Å². The van der Waals surface area contributed by atoms with E-state index in [-0.39, 0.29) is 11.9 Å². The first-order valence-corrected chi connectivity index (χ1v) is 9.48. The average Bonchev–Trinajstić information content (AvgIpc) is 2.68. The summed E-state index contributed by atoms with van der Waals surface area (Å²) in [5.41, 5.74) is 2.68. The quantitative estimate of drug-likeness (QED) is 0.855. The molecule has 2 aromatic rings. The van der Waals surface area contributed by atoms with Gasteiger partial charge in [0.2, 0.25) is 0 Å². The van der Waals surface area contributed by atoms with E-state index in [0.717, 1.165) is 55.8 Å². The molecule has 1 aliphatic heterocycles. The molecule has 1 saturated heterocycles. The van der Waals surface area contributed by atoms with Crippen molar-refractivity contribution < 1.29 is 9.53 Å². The summed E-state index contributed by atoms with van der Waals surface area (Å²) in [6.07, 6.45) is 3.35. The zero-order valence-corrected chi connectivity index (χ0v) is 15.7. The van der Waals surface area contributed by atoms with Crippen LogP contribution >= 0.6 is 0 Å². The standard InChI is InChI=1S/C22H28N2O2/c1-3-13-24-14-7-10-19(16-24)23-22(25)18-9-6-8-17(15-18)20-11-4-5-12-21(20)26-2/h4-6,8-9,11-12,15,19H,3,7,10,13-14,16H2,1-2H3,(H,23,25)/t19-/m1/s1. The Morgan fingerprint density at radius 3 is 2.88 bits per heavy atom. The van der Waals surface area contributed by atoms with Crippen LogP contribution < -0.4 is 10.1 Å². The van der Waals surface area contributed by atoms with E-state index in [2.05, 4.69) is 17.1 Å². The van der Waals surface area contributed by atoms with Gasteiger partial charge in [0.25, 0.3) is 5.91 Å². The molecular weight excluding hydrogens is 324 g/mol. The van der Waals surface area contributed by atoms with Gasteiger partial charge in [-0.2, -0.15) is 0 Å². The Labute approximate surface area is 156 Å². The van der Waals surface area contributed by atoms with Crippen molar-refractivity contribution in [2.24, 2.45) is 0 Å². The molecule has 1 amide bonds. The molecule has 0 aromatic heterocycles. The summed E-state index contributed by atoms with van der Waals surface area (Å²) in [5, 5.41) is 3.22. The molecule has 26 heavy (non-hydrogen) atoms. The predicted octanol–water partition coefficient (Wildman–Crippen LogP) is 3.97. The Morgan fingerprint density at radius 1 is 1.23 bits per heavy atom. The first-order chi connectivity index (χ1) is 12.7. The van der Waals surface area contributed by atoms with Crippen molar-refractivity contribution in [1.82, 2.24) is 10.2 Å². The van der Waals surface area contributed by atoms with Gasteiger partial charge in [-0.15, -0.1) is 0 Å². The zero-order chi connectivity index (χ0) is 18.4. The molecule has 4 heteroatoms. The Balaban J connectivity index is 1.72. The SMILES string of the molecule is CCCN1CCC[C@@H](NC(=O)c2cccc(-c3ccccc3OC)c2)C1. The predicted molar refractivity (Wildman–Crippen MR) is 106 cm³/mol. The van der Waals surface area contributed by atoms with Crippen LogP contribution in [-0.2, 0) is 0 Å². The fourth-order valence-electron chi connectivity index (χ4n) is 3.67. The third-order valence-electron chi connectivity index (χ3n) is 4.92. The van der Waals surface area contributed by atoms with Crippen molar-refractivity contribution in [3.05, 3.63) is 54.1 Å². The summed E-state index contributed by atoms with van der Waals surface area (Å²) in [7, 11) is 1.67. The number of carbonyl (C=O) groups is 1. The zero-order valence-electron chi connectivity index (χ0n) is 15.7. The van der Waals surface area contributed by atoms with Gasteiger partial charge in [-0.05, 0) is 56.1 Å². The maximum atomic E-state index is 12.8. The summed E-state index contributed by atoms with van der Waals surface area (Å²) < 4.78 is 5.45. The molecule has 1 fully saturated rings. The highest BCUT2D eigenvalue weighted by atomic mass is 16.5. The van der Waals surface area contributed by atoms with Gasteiger partial charge in [-0.3, -0.25) is 4.79 Å². The number of hydrogen-bond acceptors (Lipinski definition) is 3. The first-order valence-electron chi connectivity index (χ1n) is 9.48. The number of rotatable bonds is 6. The van der Waals surface area contributed by atoms with Crippen molar-refractivity contribution in [1.29, 1.82) is 0 Å². The number of likely N-dealkylation sites (tertiary alicyclic amines) is 1. The third-order valence-corrected chi connectivity index (χ3v) is 4.92. The van der Waals surface area contributed by atoms with Crippen molar-refractivity contribution in [2.75, 3.05) is 26.7 Å². The Hall–Kier alpha value is -2.33. The summed E-state index contributed by atoms with van der Waals surface area (Å²) in [6.45, 7) is 5.40. The molecule has 1 atom stereocenters. The second-order valence-electron chi connectivity index (χ2n) is 6.89. The van der Waals surface area contributed by atoms with Crippen molar-refractivity contribution in [3.63, 3.8) is 0 Å². The van der Waals surface area contributed by atoms with E-state index in [1.54, 1.807) is 7.11 Å². The van der Waals surface area contributed by atoms with Gasteiger partial charge >= 0.3 is 0 Å². The molecule has 0 saturated carbocycles. The molecule has 1 aliphatic rings. The van der Waals surface area contributed by atoms with Crippen LogP contribution in [0.1, 0.15) is 36.5 Å². The number of nitrogens with zero attached hydrogens (tertiary/aromatic N) is 1. The molecule has 0 radical (unpaired) electrons. The van der Waals surface area contributed by atoms with Crippen LogP contribution in [0.3, 0.4) is 0 Å². The number of amides is 1. The molecule has 1 heterocycles. The molecule has 2 aromatic carbocycles. The van der Waals surface area contributed by atoms with Crippen LogP contribution in [0.5, 0.6) is 5.75 Å². The van der Waals surface area contributed by atoms with Crippen LogP contribution in [0.4, 0.5) is 0 Å². The second-order valence-corrected chi connectivity index (χ2v) is 6.89. The van der Waals surface area contributed by atoms with Gasteiger partial charge in [-0.1, -0.05) is 37.3 Å². The smallest absolute Gasteiger partial charge is 0.251 e. The second kappa shape index (κ2) is 8.86. The lowest BCUT2D eigenvalue weighted by molar-refractivity contribution is 0.0904. The molecule has 1 N–H and O–H groups in total. The minimum absolute atomic E-state index is 0.00472. The lowest BCUT2D eigenvalue weighted by Gasteiger charge is -2.32. The fourth-order valence-corrected chi connectivity index (χ4v) is 3.67. The molecule has 138 valence electrons. The van der Waals surface area contributed by atoms with Crippen molar-refractivity contribution in [3.8, 4) is 16.9 Å². The van der Waals surface area contributed by atoms with Gasteiger partial charge in [0.1, 0.15) is 5.75 Å². The highest BCUT2D eigenvalue weighted by Crippen LogP contribution is 2.30. The molecule has 4 nitrogen and oxygen atoms in total. The first kappa shape index (κ1) is 18.5.